The second-order valence-corrected chi connectivity index (χ2v) is 8.97. The first-order valence-corrected chi connectivity index (χ1v) is 11.1. The summed E-state index contributed by atoms with van der Waals surface area (Å²) < 4.78 is 2.45. The Bertz CT molecular complexity index is 1140. The third kappa shape index (κ3) is 2.85. The van der Waals surface area contributed by atoms with Gasteiger partial charge in [0.2, 0.25) is 5.69 Å². The molecule has 0 aromatic heterocycles. The van der Waals surface area contributed by atoms with Crippen molar-refractivity contribution in [1.82, 2.24) is 0 Å². The fourth-order valence-electron chi connectivity index (χ4n) is 5.73. The van der Waals surface area contributed by atoms with Crippen LogP contribution in [0.4, 0.5) is 11.4 Å². The fourth-order valence-corrected chi connectivity index (χ4v) is 5.73. The molecule has 4 nitrogen and oxygen atoms in total. The van der Waals surface area contributed by atoms with Crippen molar-refractivity contribution in [3.63, 3.8) is 0 Å². The van der Waals surface area contributed by atoms with Gasteiger partial charge < -0.3 is 15.1 Å². The summed E-state index contributed by atoms with van der Waals surface area (Å²) in [5.41, 5.74) is 9.30. The summed E-state index contributed by atoms with van der Waals surface area (Å²) >= 11 is 0. The number of phenols is 2. The van der Waals surface area contributed by atoms with Crippen molar-refractivity contribution in [2.24, 2.45) is 5.92 Å². The summed E-state index contributed by atoms with van der Waals surface area (Å²) in [5, 5.41) is 19.6. The minimum Gasteiger partial charge on any atom is -0.508 e. The van der Waals surface area contributed by atoms with E-state index in [0.717, 1.165) is 38.8 Å². The van der Waals surface area contributed by atoms with Crippen LogP contribution in [0.15, 0.2) is 59.8 Å². The van der Waals surface area contributed by atoms with E-state index in [1.54, 1.807) is 12.1 Å². The van der Waals surface area contributed by atoms with E-state index in [2.05, 4.69) is 33.8 Å². The van der Waals surface area contributed by atoms with E-state index < -0.39 is 0 Å². The van der Waals surface area contributed by atoms with Crippen LogP contribution in [0.3, 0.4) is 0 Å². The maximum absolute atomic E-state index is 9.80. The molecule has 0 radical (unpaired) electrons. The van der Waals surface area contributed by atoms with Gasteiger partial charge in [0.25, 0.3) is 0 Å². The van der Waals surface area contributed by atoms with Crippen molar-refractivity contribution < 1.29 is 14.8 Å². The zero-order chi connectivity index (χ0) is 20.2. The van der Waals surface area contributed by atoms with Gasteiger partial charge in [-0.05, 0) is 79.1 Å². The minimum atomic E-state index is 0.363. The molecule has 4 heteroatoms. The highest BCUT2D eigenvalue weighted by molar-refractivity contribution is 5.94. The summed E-state index contributed by atoms with van der Waals surface area (Å²) in [6.07, 6.45) is 11.6. The number of phenolic OH excluding ortho intramolecular Hbond substituents is 2. The van der Waals surface area contributed by atoms with Gasteiger partial charge in [0, 0.05) is 48.5 Å². The molecule has 30 heavy (non-hydrogen) atoms. The van der Waals surface area contributed by atoms with Gasteiger partial charge >= 0.3 is 0 Å². The Balaban J connectivity index is 1.36. The van der Waals surface area contributed by atoms with E-state index in [0.29, 0.717) is 17.4 Å². The molecule has 0 bridgehead atoms. The van der Waals surface area contributed by atoms with E-state index in [9.17, 15) is 10.2 Å². The molecule has 4 aliphatic rings. The predicted octanol–water partition coefficient (Wildman–Crippen LogP) is 4.82. The number of fused-ring (bicyclic) bond motifs is 3. The van der Waals surface area contributed by atoms with Crippen molar-refractivity contribution >= 4 is 17.1 Å². The number of benzene rings is 2. The molecule has 0 saturated carbocycles. The van der Waals surface area contributed by atoms with Crippen molar-refractivity contribution in [3.05, 3.63) is 70.9 Å². The lowest BCUT2D eigenvalue weighted by Crippen LogP contribution is -2.27. The molecule has 152 valence electrons. The summed E-state index contributed by atoms with van der Waals surface area (Å²) in [6.45, 7) is 2.00. The quantitative estimate of drug-likeness (QED) is 0.676. The molecule has 2 aromatic rings. The van der Waals surface area contributed by atoms with Crippen LogP contribution < -0.4 is 4.90 Å². The number of nitrogens with zero attached hydrogens (tertiary/aromatic N) is 2. The highest BCUT2D eigenvalue weighted by Crippen LogP contribution is 2.41. The van der Waals surface area contributed by atoms with Crippen LogP contribution in [0.5, 0.6) is 11.5 Å². The van der Waals surface area contributed by atoms with E-state index in [1.807, 2.05) is 12.1 Å². The lowest BCUT2D eigenvalue weighted by Gasteiger charge is -2.32. The molecule has 2 aliphatic carbocycles. The first-order chi connectivity index (χ1) is 14.7. The van der Waals surface area contributed by atoms with Gasteiger partial charge in [0.05, 0.1) is 0 Å². The number of hydrogen-bond acceptors (Lipinski definition) is 3. The molecule has 0 saturated heterocycles. The van der Waals surface area contributed by atoms with Gasteiger partial charge in [-0.1, -0.05) is 0 Å². The molecule has 2 aromatic carbocycles. The van der Waals surface area contributed by atoms with Crippen LogP contribution in [-0.2, 0) is 12.8 Å². The summed E-state index contributed by atoms with van der Waals surface area (Å²) in [5.74, 6) is 1.39. The molecule has 0 spiro atoms. The first kappa shape index (κ1) is 17.8. The van der Waals surface area contributed by atoms with E-state index in [-0.39, 0.29) is 0 Å². The number of aromatic hydroxyl groups is 2. The monoisotopic (exact) mass is 399 g/mol. The average molecular weight is 400 g/mol. The normalized spacial score (nSPS) is 24.8. The molecular weight excluding hydrogens is 372 g/mol. The van der Waals surface area contributed by atoms with Crippen molar-refractivity contribution in [2.45, 2.75) is 38.5 Å². The molecule has 0 amide bonds. The lowest BCUT2D eigenvalue weighted by molar-refractivity contribution is -0.429. The second kappa shape index (κ2) is 6.76. The zero-order valence-corrected chi connectivity index (χ0v) is 17.1. The Hall–Kier alpha value is -3.01. The Morgan fingerprint density at radius 2 is 1.63 bits per heavy atom. The number of hydrogen-bond donors (Lipinski definition) is 2. The summed E-state index contributed by atoms with van der Waals surface area (Å²) in [7, 11) is 0. The Morgan fingerprint density at radius 1 is 0.833 bits per heavy atom. The maximum atomic E-state index is 9.80. The smallest absolute Gasteiger partial charge is 0.209 e. The van der Waals surface area contributed by atoms with Gasteiger partial charge in [-0.2, -0.15) is 4.58 Å². The van der Waals surface area contributed by atoms with Crippen molar-refractivity contribution in [1.29, 1.82) is 0 Å². The summed E-state index contributed by atoms with van der Waals surface area (Å²) in [6, 6.07) is 11.6. The largest absolute Gasteiger partial charge is 0.508 e. The SMILES string of the molecule is Oc1ccc2c(c1)CCN2C1=CC2=C/C(=[N+]3\CCc4cc(O)ccc43)CCC2CC1. The highest BCUT2D eigenvalue weighted by Gasteiger charge is 2.33. The standard InChI is InChI=1S/C26H26N2O2/c29-23-5-7-25-18(15-23)9-11-27(25)21-3-1-17-2-4-22(14-20(17)13-21)28-12-10-19-16-24(30)6-8-26(19)28/h5-8,13-17H,1-4,9-12H2,(H-,29,30)/p+1. The van der Waals surface area contributed by atoms with E-state index in [4.69, 9.17) is 0 Å². The van der Waals surface area contributed by atoms with Gasteiger partial charge in [-0.25, -0.2) is 0 Å². The van der Waals surface area contributed by atoms with Gasteiger partial charge in [0.1, 0.15) is 11.5 Å². The van der Waals surface area contributed by atoms with Crippen LogP contribution in [0, 0.1) is 5.92 Å². The van der Waals surface area contributed by atoms with Gasteiger partial charge in [-0.3, -0.25) is 0 Å². The Morgan fingerprint density at radius 3 is 2.53 bits per heavy atom. The molecule has 6 rings (SSSR count). The van der Waals surface area contributed by atoms with E-state index >= 15 is 0 Å². The number of allylic oxidation sites excluding steroid dienone is 4. The molecule has 1 unspecified atom stereocenters. The molecule has 2 heterocycles. The second-order valence-electron chi connectivity index (χ2n) is 8.97. The average Bonchev–Trinajstić information content (AvgIpc) is 3.36. The first-order valence-electron chi connectivity index (χ1n) is 11.1. The highest BCUT2D eigenvalue weighted by atomic mass is 16.3. The van der Waals surface area contributed by atoms with Crippen LogP contribution in [0.25, 0.3) is 0 Å². The predicted molar refractivity (Wildman–Crippen MR) is 119 cm³/mol. The van der Waals surface area contributed by atoms with Crippen molar-refractivity contribution in [3.8, 4) is 11.5 Å². The van der Waals surface area contributed by atoms with Crippen LogP contribution in [0.2, 0.25) is 0 Å². The van der Waals surface area contributed by atoms with Gasteiger partial charge in [0.15, 0.2) is 12.3 Å². The summed E-state index contributed by atoms with van der Waals surface area (Å²) in [4.78, 5) is 2.45. The third-order valence-electron chi connectivity index (χ3n) is 7.25. The number of anilines is 1. The van der Waals surface area contributed by atoms with Crippen molar-refractivity contribution in [2.75, 3.05) is 18.0 Å². The van der Waals surface area contributed by atoms with Crippen LogP contribution in [-0.4, -0.2) is 33.6 Å². The topological polar surface area (TPSA) is 46.7 Å². The van der Waals surface area contributed by atoms with E-state index in [1.165, 1.54) is 52.3 Å². The lowest BCUT2D eigenvalue weighted by atomic mass is 9.79. The minimum absolute atomic E-state index is 0.363. The molecular formula is C26H27N2O2+. The number of rotatable bonds is 1. The Labute approximate surface area is 177 Å². The zero-order valence-electron chi connectivity index (χ0n) is 17.1. The van der Waals surface area contributed by atoms with Gasteiger partial charge in [-0.15, -0.1) is 0 Å². The molecule has 0 fully saturated rings. The molecule has 2 aliphatic heterocycles. The van der Waals surface area contributed by atoms with Crippen LogP contribution in [0.1, 0.15) is 36.8 Å². The maximum Gasteiger partial charge on any atom is 0.209 e. The fraction of sp³-hybridized carbons (Fsp3) is 0.346. The van der Waals surface area contributed by atoms with Crippen LogP contribution >= 0.6 is 0 Å². The third-order valence-corrected chi connectivity index (χ3v) is 7.25. The molecule has 2 N–H and O–H groups in total. The molecule has 1 atom stereocenters. The Kier molecular flexibility index (Phi) is 4.02.